The lowest BCUT2D eigenvalue weighted by atomic mass is 10.2. The van der Waals surface area contributed by atoms with Crippen molar-refractivity contribution in [3.63, 3.8) is 0 Å². The van der Waals surface area contributed by atoms with E-state index in [4.69, 9.17) is 15.6 Å². The maximum atomic E-state index is 13.7. The molecule has 8 heteroatoms. The molecular weight excluding hydrogens is 237 g/mol. The number of nitrogens with zero attached hydrogens (tertiary/aromatic N) is 2. The van der Waals surface area contributed by atoms with Gasteiger partial charge >= 0.3 is 5.69 Å². The van der Waals surface area contributed by atoms with Gasteiger partial charge in [-0.3, -0.25) is 4.57 Å². The summed E-state index contributed by atoms with van der Waals surface area (Å²) in [6.45, 7) is -0.650. The van der Waals surface area contributed by atoms with Crippen molar-refractivity contribution in [1.82, 2.24) is 9.55 Å². The molecule has 1 aromatic rings. The summed E-state index contributed by atoms with van der Waals surface area (Å²) in [5.41, 5.74) is 4.45. The maximum absolute atomic E-state index is 13.7. The van der Waals surface area contributed by atoms with E-state index in [-0.39, 0.29) is 5.69 Å². The Hall–Kier alpha value is -1.12. The van der Waals surface area contributed by atoms with Crippen molar-refractivity contribution < 1.29 is 14.2 Å². The standard InChI is InChI=1S/C8H10FN3O3S/c9-5-6(4-1-16-3-15-4)12(2-13)8(14)11-7(5)10/h4,13H,1-3H2,(H2,10,11,14). The summed E-state index contributed by atoms with van der Waals surface area (Å²) < 4.78 is 19.8. The second-order valence-electron chi connectivity index (χ2n) is 3.19. The van der Waals surface area contributed by atoms with E-state index in [1.807, 2.05) is 0 Å². The third kappa shape index (κ3) is 1.79. The second-order valence-corrected chi connectivity index (χ2v) is 4.17. The predicted molar refractivity (Wildman–Crippen MR) is 56.2 cm³/mol. The molecule has 0 saturated carbocycles. The van der Waals surface area contributed by atoms with Crippen LogP contribution in [0, 0.1) is 5.82 Å². The summed E-state index contributed by atoms with van der Waals surface area (Å²) in [7, 11) is 0. The number of nitrogen functional groups attached to an aromatic ring is 1. The summed E-state index contributed by atoms with van der Waals surface area (Å²) in [5.74, 6) is -0.336. The van der Waals surface area contributed by atoms with E-state index in [2.05, 4.69) is 4.98 Å². The number of ether oxygens (including phenoxy) is 1. The van der Waals surface area contributed by atoms with E-state index >= 15 is 0 Å². The van der Waals surface area contributed by atoms with Crippen LogP contribution in [0.4, 0.5) is 10.2 Å². The molecule has 1 aromatic heterocycles. The molecule has 0 spiro atoms. The Kier molecular flexibility index (Phi) is 3.13. The predicted octanol–water partition coefficient (Wildman–Crippen LogP) is -0.324. The van der Waals surface area contributed by atoms with Crippen LogP contribution in [-0.4, -0.2) is 26.3 Å². The van der Waals surface area contributed by atoms with Crippen LogP contribution in [0.3, 0.4) is 0 Å². The molecule has 88 valence electrons. The van der Waals surface area contributed by atoms with Gasteiger partial charge in [0, 0.05) is 5.75 Å². The molecule has 1 aliphatic rings. The first-order valence-electron chi connectivity index (χ1n) is 4.51. The Morgan fingerprint density at radius 3 is 3.06 bits per heavy atom. The Balaban J connectivity index is 2.59. The zero-order chi connectivity index (χ0) is 11.7. The van der Waals surface area contributed by atoms with Crippen LogP contribution in [0.1, 0.15) is 11.8 Å². The van der Waals surface area contributed by atoms with Gasteiger partial charge in [-0.25, -0.2) is 9.18 Å². The number of halogens is 1. The molecular formula is C8H10FN3O3S. The second kappa shape index (κ2) is 4.40. The van der Waals surface area contributed by atoms with Gasteiger partial charge in [-0.1, -0.05) is 0 Å². The minimum absolute atomic E-state index is 0.0370. The van der Waals surface area contributed by atoms with Crippen LogP contribution in [0.25, 0.3) is 0 Å². The molecule has 16 heavy (non-hydrogen) atoms. The van der Waals surface area contributed by atoms with Crippen LogP contribution >= 0.6 is 11.8 Å². The van der Waals surface area contributed by atoms with Gasteiger partial charge in [0.2, 0.25) is 0 Å². The zero-order valence-electron chi connectivity index (χ0n) is 8.22. The molecule has 0 aliphatic carbocycles. The molecule has 0 radical (unpaired) electrons. The third-order valence-electron chi connectivity index (χ3n) is 2.26. The Labute approximate surface area is 94.2 Å². The highest BCUT2D eigenvalue weighted by Crippen LogP contribution is 2.31. The number of thioether (sulfide) groups is 1. The maximum Gasteiger partial charge on any atom is 0.351 e. The summed E-state index contributed by atoms with van der Waals surface area (Å²) in [4.78, 5) is 14.6. The number of hydrogen-bond acceptors (Lipinski definition) is 6. The van der Waals surface area contributed by atoms with Crippen LogP contribution < -0.4 is 11.4 Å². The van der Waals surface area contributed by atoms with Gasteiger partial charge in [0.05, 0.1) is 11.6 Å². The van der Waals surface area contributed by atoms with Gasteiger partial charge in [-0.15, -0.1) is 11.8 Å². The first-order chi connectivity index (χ1) is 7.65. The molecule has 0 aromatic carbocycles. The number of hydrogen-bond donors (Lipinski definition) is 2. The van der Waals surface area contributed by atoms with Crippen molar-refractivity contribution in [2.24, 2.45) is 0 Å². The zero-order valence-corrected chi connectivity index (χ0v) is 9.04. The molecule has 1 saturated heterocycles. The number of nitrogens with two attached hydrogens (primary N) is 1. The lowest BCUT2D eigenvalue weighted by Gasteiger charge is -2.16. The number of aliphatic hydroxyl groups is 1. The Bertz CT molecular complexity index is 459. The lowest BCUT2D eigenvalue weighted by Crippen LogP contribution is -2.30. The molecule has 6 nitrogen and oxygen atoms in total. The van der Waals surface area contributed by atoms with E-state index < -0.39 is 30.2 Å². The Morgan fingerprint density at radius 2 is 2.50 bits per heavy atom. The summed E-state index contributed by atoms with van der Waals surface area (Å²) in [6.07, 6.45) is -0.574. The van der Waals surface area contributed by atoms with E-state index in [0.29, 0.717) is 11.7 Å². The van der Waals surface area contributed by atoms with Crippen molar-refractivity contribution in [3.8, 4) is 0 Å². The highest BCUT2D eigenvalue weighted by molar-refractivity contribution is 7.99. The van der Waals surface area contributed by atoms with Crippen molar-refractivity contribution in [2.75, 3.05) is 17.4 Å². The minimum Gasteiger partial charge on any atom is -0.381 e. The quantitative estimate of drug-likeness (QED) is 0.744. The number of aliphatic hydroxyl groups excluding tert-OH is 1. The van der Waals surface area contributed by atoms with Crippen molar-refractivity contribution in [1.29, 1.82) is 0 Å². The van der Waals surface area contributed by atoms with Crippen molar-refractivity contribution >= 4 is 17.6 Å². The largest absolute Gasteiger partial charge is 0.381 e. The normalized spacial score (nSPS) is 20.2. The molecule has 2 rings (SSSR count). The smallest absolute Gasteiger partial charge is 0.351 e. The monoisotopic (exact) mass is 247 g/mol. The first kappa shape index (κ1) is 11.4. The van der Waals surface area contributed by atoms with E-state index in [9.17, 15) is 9.18 Å². The topological polar surface area (TPSA) is 90.4 Å². The lowest BCUT2D eigenvalue weighted by molar-refractivity contribution is 0.102. The van der Waals surface area contributed by atoms with Gasteiger partial charge < -0.3 is 15.6 Å². The average molecular weight is 247 g/mol. The molecule has 1 unspecified atom stereocenters. The minimum atomic E-state index is -0.804. The molecule has 2 heterocycles. The number of rotatable bonds is 2. The molecule has 1 fully saturated rings. The average Bonchev–Trinajstić information content (AvgIpc) is 2.76. The van der Waals surface area contributed by atoms with Crippen LogP contribution in [0.2, 0.25) is 0 Å². The fourth-order valence-corrected chi connectivity index (χ4v) is 2.33. The molecule has 1 atom stereocenters. The highest BCUT2D eigenvalue weighted by atomic mass is 32.2. The van der Waals surface area contributed by atoms with Gasteiger partial charge in [0.15, 0.2) is 11.6 Å². The van der Waals surface area contributed by atoms with Crippen LogP contribution in [-0.2, 0) is 11.5 Å². The fraction of sp³-hybridized carbons (Fsp3) is 0.500. The fourth-order valence-electron chi connectivity index (χ4n) is 1.51. The highest BCUT2D eigenvalue weighted by Gasteiger charge is 2.27. The molecule has 0 bridgehead atoms. The summed E-state index contributed by atoms with van der Waals surface area (Å²) >= 11 is 1.47. The van der Waals surface area contributed by atoms with Crippen molar-refractivity contribution in [2.45, 2.75) is 12.8 Å². The third-order valence-corrected chi connectivity index (χ3v) is 3.10. The molecule has 1 aliphatic heterocycles. The van der Waals surface area contributed by atoms with Gasteiger partial charge in [0.25, 0.3) is 0 Å². The van der Waals surface area contributed by atoms with E-state index in [1.54, 1.807) is 0 Å². The molecule has 0 amide bonds. The summed E-state index contributed by atoms with van der Waals surface area (Å²) in [5, 5.41) is 9.03. The SMILES string of the molecule is Nc1nc(=O)n(CO)c(C2CSCO2)c1F. The van der Waals surface area contributed by atoms with Crippen molar-refractivity contribution in [3.05, 3.63) is 22.0 Å². The number of anilines is 1. The molecule has 3 N–H and O–H groups in total. The van der Waals surface area contributed by atoms with E-state index in [0.717, 1.165) is 4.57 Å². The number of aromatic nitrogens is 2. The van der Waals surface area contributed by atoms with Gasteiger partial charge in [-0.2, -0.15) is 4.98 Å². The Morgan fingerprint density at radius 1 is 1.75 bits per heavy atom. The first-order valence-corrected chi connectivity index (χ1v) is 5.66. The van der Waals surface area contributed by atoms with Gasteiger partial charge in [-0.05, 0) is 0 Å². The van der Waals surface area contributed by atoms with E-state index in [1.165, 1.54) is 11.8 Å². The van der Waals surface area contributed by atoms with Gasteiger partial charge in [0.1, 0.15) is 12.8 Å². The van der Waals surface area contributed by atoms with Crippen LogP contribution in [0.5, 0.6) is 0 Å². The van der Waals surface area contributed by atoms with Crippen LogP contribution in [0.15, 0.2) is 4.79 Å². The summed E-state index contributed by atoms with van der Waals surface area (Å²) in [6, 6.07) is 0.